The SMILES string of the molecule is CCCc1ccccc1C(=O)OC(C)=Nc1ccccc1. The highest BCUT2D eigenvalue weighted by molar-refractivity contribution is 5.99. The van der Waals surface area contributed by atoms with Crippen molar-refractivity contribution in [3.8, 4) is 0 Å². The Hall–Kier alpha value is -2.42. The Labute approximate surface area is 125 Å². The average Bonchev–Trinajstić information content (AvgIpc) is 2.49. The molecule has 0 aromatic heterocycles. The first-order chi connectivity index (χ1) is 10.2. The standard InChI is InChI=1S/C18H19NO2/c1-3-9-15-10-7-8-13-17(15)18(20)21-14(2)19-16-11-5-4-6-12-16/h4-8,10-13H,3,9H2,1-2H3. The van der Waals surface area contributed by atoms with Crippen molar-refractivity contribution >= 4 is 17.6 Å². The summed E-state index contributed by atoms with van der Waals surface area (Å²) in [6.07, 6.45) is 1.85. The number of ether oxygens (including phenoxy) is 1. The molecule has 21 heavy (non-hydrogen) atoms. The van der Waals surface area contributed by atoms with Crippen LogP contribution in [0.5, 0.6) is 0 Å². The van der Waals surface area contributed by atoms with Crippen LogP contribution in [0.3, 0.4) is 0 Å². The molecule has 0 heterocycles. The van der Waals surface area contributed by atoms with E-state index in [0.29, 0.717) is 11.5 Å². The van der Waals surface area contributed by atoms with E-state index in [1.807, 2.05) is 48.5 Å². The van der Waals surface area contributed by atoms with Crippen LogP contribution in [-0.4, -0.2) is 11.9 Å². The first-order valence-electron chi connectivity index (χ1n) is 7.11. The van der Waals surface area contributed by atoms with E-state index < -0.39 is 0 Å². The molecule has 108 valence electrons. The number of para-hydroxylation sites is 1. The Bertz CT molecular complexity index is 633. The van der Waals surface area contributed by atoms with Crippen LogP contribution in [0.2, 0.25) is 0 Å². The van der Waals surface area contributed by atoms with Gasteiger partial charge in [-0.3, -0.25) is 0 Å². The summed E-state index contributed by atoms with van der Waals surface area (Å²) in [5, 5.41) is 0. The highest BCUT2D eigenvalue weighted by atomic mass is 16.5. The van der Waals surface area contributed by atoms with Crippen molar-refractivity contribution in [3.63, 3.8) is 0 Å². The predicted molar refractivity (Wildman–Crippen MR) is 85.1 cm³/mol. The van der Waals surface area contributed by atoms with Crippen molar-refractivity contribution in [2.24, 2.45) is 4.99 Å². The zero-order valence-electron chi connectivity index (χ0n) is 12.4. The number of benzene rings is 2. The molecule has 0 radical (unpaired) electrons. The average molecular weight is 281 g/mol. The predicted octanol–water partition coefficient (Wildman–Crippen LogP) is 4.55. The normalized spacial score (nSPS) is 11.2. The van der Waals surface area contributed by atoms with Gasteiger partial charge in [-0.1, -0.05) is 49.7 Å². The van der Waals surface area contributed by atoms with E-state index in [2.05, 4.69) is 11.9 Å². The summed E-state index contributed by atoms with van der Waals surface area (Å²) in [5.41, 5.74) is 2.39. The Morgan fingerprint density at radius 1 is 1.05 bits per heavy atom. The van der Waals surface area contributed by atoms with Crippen LogP contribution in [-0.2, 0) is 11.2 Å². The first-order valence-corrected chi connectivity index (χ1v) is 7.11. The fraction of sp³-hybridized carbons (Fsp3) is 0.222. The lowest BCUT2D eigenvalue weighted by molar-refractivity contribution is 0.0714. The van der Waals surface area contributed by atoms with Crippen LogP contribution in [0.1, 0.15) is 36.2 Å². The number of carbonyl (C=O) groups is 1. The van der Waals surface area contributed by atoms with E-state index in [-0.39, 0.29) is 5.97 Å². The number of aryl methyl sites for hydroxylation is 1. The van der Waals surface area contributed by atoms with Crippen molar-refractivity contribution in [2.45, 2.75) is 26.7 Å². The number of aliphatic imine (C=N–C) groups is 1. The van der Waals surface area contributed by atoms with E-state index in [4.69, 9.17) is 4.74 Å². The van der Waals surface area contributed by atoms with Gasteiger partial charge in [-0.15, -0.1) is 0 Å². The van der Waals surface area contributed by atoms with E-state index >= 15 is 0 Å². The van der Waals surface area contributed by atoms with Gasteiger partial charge in [0.15, 0.2) is 5.90 Å². The third-order valence-electron chi connectivity index (χ3n) is 3.04. The third-order valence-corrected chi connectivity index (χ3v) is 3.04. The van der Waals surface area contributed by atoms with Gasteiger partial charge in [-0.05, 0) is 30.2 Å². The molecule has 0 saturated heterocycles. The highest BCUT2D eigenvalue weighted by Crippen LogP contribution is 2.14. The first kappa shape index (κ1) is 15.0. The Kier molecular flexibility index (Phi) is 5.27. The Morgan fingerprint density at radius 2 is 1.71 bits per heavy atom. The molecular formula is C18H19NO2. The summed E-state index contributed by atoms with van der Waals surface area (Å²) in [5.74, 6) is -0.00580. The second kappa shape index (κ2) is 7.39. The summed E-state index contributed by atoms with van der Waals surface area (Å²) < 4.78 is 5.34. The maximum atomic E-state index is 12.2. The lowest BCUT2D eigenvalue weighted by Gasteiger charge is -2.08. The van der Waals surface area contributed by atoms with Gasteiger partial charge in [-0.2, -0.15) is 0 Å². The Balaban J connectivity index is 2.13. The second-order valence-corrected chi connectivity index (χ2v) is 4.76. The number of nitrogens with zero attached hydrogens (tertiary/aromatic N) is 1. The molecule has 3 heteroatoms. The van der Waals surface area contributed by atoms with Crippen molar-refractivity contribution in [1.29, 1.82) is 0 Å². The molecule has 2 aromatic carbocycles. The minimum atomic E-state index is -0.351. The fourth-order valence-corrected chi connectivity index (χ4v) is 2.10. The molecule has 2 aromatic rings. The highest BCUT2D eigenvalue weighted by Gasteiger charge is 2.13. The molecule has 0 amide bonds. The molecule has 0 aliphatic carbocycles. The Morgan fingerprint density at radius 3 is 2.43 bits per heavy atom. The number of hydrogen-bond acceptors (Lipinski definition) is 3. The largest absolute Gasteiger partial charge is 0.408 e. The summed E-state index contributed by atoms with van der Waals surface area (Å²) >= 11 is 0. The topological polar surface area (TPSA) is 38.7 Å². The van der Waals surface area contributed by atoms with Gasteiger partial charge in [0.1, 0.15) is 0 Å². The van der Waals surface area contributed by atoms with Gasteiger partial charge >= 0.3 is 5.97 Å². The summed E-state index contributed by atoms with van der Waals surface area (Å²) in [6, 6.07) is 17.0. The van der Waals surface area contributed by atoms with Crippen LogP contribution >= 0.6 is 0 Å². The van der Waals surface area contributed by atoms with Crippen molar-refractivity contribution in [1.82, 2.24) is 0 Å². The van der Waals surface area contributed by atoms with Crippen molar-refractivity contribution < 1.29 is 9.53 Å². The smallest absolute Gasteiger partial charge is 0.344 e. The van der Waals surface area contributed by atoms with Gasteiger partial charge in [-0.25, -0.2) is 9.79 Å². The summed E-state index contributed by atoms with van der Waals surface area (Å²) in [6.45, 7) is 3.78. The van der Waals surface area contributed by atoms with Crippen LogP contribution in [0.4, 0.5) is 5.69 Å². The molecule has 0 aliphatic heterocycles. The van der Waals surface area contributed by atoms with Crippen LogP contribution in [0, 0.1) is 0 Å². The molecule has 3 nitrogen and oxygen atoms in total. The van der Waals surface area contributed by atoms with E-state index in [1.165, 1.54) is 0 Å². The molecule has 0 spiro atoms. The van der Waals surface area contributed by atoms with Gasteiger partial charge in [0.25, 0.3) is 0 Å². The zero-order valence-corrected chi connectivity index (χ0v) is 12.4. The number of esters is 1. The molecule has 0 saturated carbocycles. The molecule has 0 fully saturated rings. The third kappa shape index (κ3) is 4.28. The van der Waals surface area contributed by atoms with Gasteiger partial charge in [0.2, 0.25) is 0 Å². The van der Waals surface area contributed by atoms with Crippen molar-refractivity contribution in [2.75, 3.05) is 0 Å². The van der Waals surface area contributed by atoms with E-state index in [0.717, 1.165) is 24.1 Å². The van der Waals surface area contributed by atoms with Crippen LogP contribution in [0.25, 0.3) is 0 Å². The van der Waals surface area contributed by atoms with Crippen LogP contribution in [0.15, 0.2) is 59.6 Å². The minimum absolute atomic E-state index is 0.345. The molecule has 2 rings (SSSR count). The molecular weight excluding hydrogens is 262 g/mol. The minimum Gasteiger partial charge on any atom is -0.408 e. The quantitative estimate of drug-likeness (QED) is 0.468. The van der Waals surface area contributed by atoms with E-state index in [9.17, 15) is 4.79 Å². The lowest BCUT2D eigenvalue weighted by atomic mass is 10.0. The van der Waals surface area contributed by atoms with Gasteiger partial charge in [0, 0.05) is 6.92 Å². The monoisotopic (exact) mass is 281 g/mol. The second-order valence-electron chi connectivity index (χ2n) is 4.76. The molecule has 0 bridgehead atoms. The number of hydrogen-bond donors (Lipinski definition) is 0. The zero-order chi connectivity index (χ0) is 15.1. The fourth-order valence-electron chi connectivity index (χ4n) is 2.10. The number of rotatable bonds is 4. The van der Waals surface area contributed by atoms with Crippen molar-refractivity contribution in [3.05, 3.63) is 65.7 Å². The molecule has 0 atom stereocenters. The van der Waals surface area contributed by atoms with Crippen LogP contribution < -0.4 is 0 Å². The molecule has 0 unspecified atom stereocenters. The maximum Gasteiger partial charge on any atom is 0.344 e. The van der Waals surface area contributed by atoms with E-state index in [1.54, 1.807) is 13.0 Å². The lowest BCUT2D eigenvalue weighted by Crippen LogP contribution is -2.12. The number of carbonyl (C=O) groups excluding carboxylic acids is 1. The summed E-state index contributed by atoms with van der Waals surface area (Å²) in [7, 11) is 0. The molecule has 0 N–H and O–H groups in total. The molecule has 0 aliphatic rings. The van der Waals surface area contributed by atoms with Gasteiger partial charge < -0.3 is 4.74 Å². The maximum absolute atomic E-state index is 12.2. The summed E-state index contributed by atoms with van der Waals surface area (Å²) in [4.78, 5) is 16.5. The van der Waals surface area contributed by atoms with Gasteiger partial charge in [0.05, 0.1) is 11.3 Å².